The highest BCUT2D eigenvalue weighted by Crippen LogP contribution is 2.13. The Bertz CT molecular complexity index is 172. The highest BCUT2D eigenvalue weighted by Gasteiger charge is 1.98. The van der Waals surface area contributed by atoms with E-state index in [0.29, 0.717) is 0 Å². The molecule has 0 bridgehead atoms. The lowest BCUT2D eigenvalue weighted by atomic mass is 9.99. The first-order valence-electron chi connectivity index (χ1n) is 4.95. The monoisotopic (exact) mass is 166 g/mol. The second-order valence-electron chi connectivity index (χ2n) is 3.59. The molecule has 0 aliphatic rings. The molecule has 0 aromatic rings. The summed E-state index contributed by atoms with van der Waals surface area (Å²) < 4.78 is 0. The highest BCUT2D eigenvalue weighted by molar-refractivity contribution is 5.16. The molecular formula is C12H22. The van der Waals surface area contributed by atoms with E-state index in [1.54, 1.807) is 0 Å². The van der Waals surface area contributed by atoms with E-state index in [9.17, 15) is 0 Å². The van der Waals surface area contributed by atoms with E-state index in [-0.39, 0.29) is 0 Å². The van der Waals surface area contributed by atoms with E-state index in [2.05, 4.69) is 46.8 Å². The molecule has 70 valence electrons. The first kappa shape index (κ1) is 11.5. The van der Waals surface area contributed by atoms with Crippen LogP contribution >= 0.6 is 0 Å². The minimum atomic E-state index is 0.728. The van der Waals surface area contributed by atoms with Crippen LogP contribution in [0.4, 0.5) is 0 Å². The highest BCUT2D eigenvalue weighted by atomic mass is 14.0. The van der Waals surface area contributed by atoms with E-state index < -0.39 is 0 Å². The molecule has 0 saturated carbocycles. The van der Waals surface area contributed by atoms with Crippen molar-refractivity contribution in [3.63, 3.8) is 0 Å². The maximum Gasteiger partial charge on any atom is -0.0234 e. The molecule has 0 aliphatic heterocycles. The molecule has 1 unspecified atom stereocenters. The Balaban J connectivity index is 4.17. The van der Waals surface area contributed by atoms with Gasteiger partial charge < -0.3 is 0 Å². The van der Waals surface area contributed by atoms with Crippen LogP contribution in [0.25, 0.3) is 0 Å². The van der Waals surface area contributed by atoms with Crippen LogP contribution in [0.1, 0.15) is 47.5 Å². The maximum absolute atomic E-state index is 2.28. The van der Waals surface area contributed by atoms with E-state index in [1.165, 1.54) is 17.6 Å². The third kappa shape index (κ3) is 4.38. The van der Waals surface area contributed by atoms with Crippen LogP contribution < -0.4 is 0 Å². The van der Waals surface area contributed by atoms with Gasteiger partial charge in [0, 0.05) is 0 Å². The number of hydrogen-bond donors (Lipinski definition) is 0. The third-order valence-electron chi connectivity index (χ3n) is 2.58. The van der Waals surface area contributed by atoms with Crippen molar-refractivity contribution in [2.24, 2.45) is 5.92 Å². The molecule has 0 aromatic carbocycles. The van der Waals surface area contributed by atoms with E-state index >= 15 is 0 Å². The molecule has 0 saturated heterocycles. The zero-order valence-corrected chi connectivity index (χ0v) is 9.15. The van der Waals surface area contributed by atoms with Crippen molar-refractivity contribution >= 4 is 0 Å². The summed E-state index contributed by atoms with van der Waals surface area (Å²) in [4.78, 5) is 0. The molecule has 1 atom stereocenters. The molecule has 0 fully saturated rings. The Labute approximate surface area is 77.4 Å². The molecule has 0 amide bonds. The van der Waals surface area contributed by atoms with E-state index in [0.717, 1.165) is 12.3 Å². The van der Waals surface area contributed by atoms with Gasteiger partial charge in [0.15, 0.2) is 0 Å². The molecule has 0 radical (unpaired) electrons. The average Bonchev–Trinajstić information content (AvgIpc) is 2.11. The fourth-order valence-electron chi connectivity index (χ4n) is 0.878. The van der Waals surface area contributed by atoms with Crippen molar-refractivity contribution in [1.82, 2.24) is 0 Å². The molecular weight excluding hydrogens is 144 g/mol. The Kier molecular flexibility index (Phi) is 5.79. The predicted octanol–water partition coefficient (Wildman–Crippen LogP) is 4.34. The number of hydrogen-bond acceptors (Lipinski definition) is 0. The quantitative estimate of drug-likeness (QED) is 0.545. The van der Waals surface area contributed by atoms with Gasteiger partial charge in [-0.15, -0.1) is 0 Å². The van der Waals surface area contributed by atoms with Gasteiger partial charge in [-0.3, -0.25) is 0 Å². The number of rotatable bonds is 4. The standard InChI is InChI=1S/C12H22/c1-6-10(3)8-9-12(5)11(4)7-2/h8-9,11H,6-7H2,1-5H3. The second-order valence-corrected chi connectivity index (χ2v) is 3.59. The van der Waals surface area contributed by atoms with Crippen molar-refractivity contribution in [2.75, 3.05) is 0 Å². The molecule has 0 aromatic heterocycles. The van der Waals surface area contributed by atoms with E-state index in [4.69, 9.17) is 0 Å². The molecule has 0 N–H and O–H groups in total. The van der Waals surface area contributed by atoms with Crippen LogP contribution in [-0.4, -0.2) is 0 Å². The van der Waals surface area contributed by atoms with Gasteiger partial charge in [0.1, 0.15) is 0 Å². The summed E-state index contributed by atoms with van der Waals surface area (Å²) >= 11 is 0. The zero-order valence-electron chi connectivity index (χ0n) is 9.15. The van der Waals surface area contributed by atoms with Gasteiger partial charge in [-0.05, 0) is 32.6 Å². The second kappa shape index (κ2) is 6.05. The summed E-state index contributed by atoms with van der Waals surface area (Å²) in [6.45, 7) is 11.1. The summed E-state index contributed by atoms with van der Waals surface area (Å²) in [6, 6.07) is 0. The van der Waals surface area contributed by atoms with Gasteiger partial charge in [0.05, 0.1) is 0 Å². The van der Waals surface area contributed by atoms with Gasteiger partial charge in [-0.25, -0.2) is 0 Å². The zero-order chi connectivity index (χ0) is 9.56. The van der Waals surface area contributed by atoms with Crippen molar-refractivity contribution < 1.29 is 0 Å². The van der Waals surface area contributed by atoms with Crippen molar-refractivity contribution in [3.05, 3.63) is 23.3 Å². The van der Waals surface area contributed by atoms with Gasteiger partial charge in [0.2, 0.25) is 0 Å². The first-order valence-corrected chi connectivity index (χ1v) is 4.95. The van der Waals surface area contributed by atoms with Crippen LogP contribution in [0, 0.1) is 5.92 Å². The lowest BCUT2D eigenvalue weighted by Gasteiger charge is -2.07. The number of allylic oxidation sites excluding steroid dienone is 4. The Morgan fingerprint density at radius 1 is 1.17 bits per heavy atom. The molecule has 12 heavy (non-hydrogen) atoms. The van der Waals surface area contributed by atoms with Gasteiger partial charge in [-0.2, -0.15) is 0 Å². The Morgan fingerprint density at radius 3 is 2.17 bits per heavy atom. The topological polar surface area (TPSA) is 0 Å². The lowest BCUT2D eigenvalue weighted by molar-refractivity contribution is 0.655. The van der Waals surface area contributed by atoms with Crippen molar-refractivity contribution in [3.8, 4) is 0 Å². The van der Waals surface area contributed by atoms with Crippen LogP contribution in [-0.2, 0) is 0 Å². The van der Waals surface area contributed by atoms with Crippen LogP contribution in [0.2, 0.25) is 0 Å². The predicted molar refractivity (Wildman–Crippen MR) is 57.3 cm³/mol. The van der Waals surface area contributed by atoms with Crippen LogP contribution in [0.15, 0.2) is 23.3 Å². The lowest BCUT2D eigenvalue weighted by Crippen LogP contribution is -1.92. The molecule has 0 rings (SSSR count). The minimum absolute atomic E-state index is 0.728. The summed E-state index contributed by atoms with van der Waals surface area (Å²) in [5, 5.41) is 0. The Morgan fingerprint density at radius 2 is 1.75 bits per heavy atom. The molecule has 0 spiro atoms. The fourth-order valence-corrected chi connectivity index (χ4v) is 0.878. The fraction of sp³-hybridized carbons (Fsp3) is 0.667. The smallest absolute Gasteiger partial charge is 0.0234 e. The maximum atomic E-state index is 2.28. The third-order valence-corrected chi connectivity index (χ3v) is 2.58. The van der Waals surface area contributed by atoms with Crippen molar-refractivity contribution in [1.29, 1.82) is 0 Å². The molecule has 0 aliphatic carbocycles. The van der Waals surface area contributed by atoms with Crippen molar-refractivity contribution in [2.45, 2.75) is 47.5 Å². The Hall–Kier alpha value is -0.520. The van der Waals surface area contributed by atoms with E-state index in [1.807, 2.05) is 0 Å². The SMILES string of the molecule is CCC(C)=CC=C(C)C(C)CC. The molecule has 0 heteroatoms. The summed E-state index contributed by atoms with van der Waals surface area (Å²) in [5.74, 6) is 0.728. The summed E-state index contributed by atoms with van der Waals surface area (Å²) in [5.41, 5.74) is 2.95. The van der Waals surface area contributed by atoms with Gasteiger partial charge >= 0.3 is 0 Å². The van der Waals surface area contributed by atoms with Gasteiger partial charge in [0.25, 0.3) is 0 Å². The summed E-state index contributed by atoms with van der Waals surface area (Å²) in [6.07, 6.45) is 6.89. The van der Waals surface area contributed by atoms with Gasteiger partial charge in [-0.1, -0.05) is 44.1 Å². The molecule has 0 heterocycles. The first-order chi connectivity index (χ1) is 5.61. The van der Waals surface area contributed by atoms with Crippen LogP contribution in [0.5, 0.6) is 0 Å². The summed E-state index contributed by atoms with van der Waals surface area (Å²) in [7, 11) is 0. The normalized spacial score (nSPS) is 16.4. The largest absolute Gasteiger partial charge is 0.0736 e. The van der Waals surface area contributed by atoms with Crippen LogP contribution in [0.3, 0.4) is 0 Å². The molecule has 0 nitrogen and oxygen atoms in total. The average molecular weight is 166 g/mol. The minimum Gasteiger partial charge on any atom is -0.0736 e.